The van der Waals surface area contributed by atoms with E-state index in [0.29, 0.717) is 30.6 Å². The molecule has 1 aliphatic heterocycles. The van der Waals surface area contributed by atoms with Crippen molar-refractivity contribution >= 4 is 5.91 Å². The quantitative estimate of drug-likeness (QED) is 0.868. The van der Waals surface area contributed by atoms with E-state index in [9.17, 15) is 4.79 Å². The van der Waals surface area contributed by atoms with Crippen molar-refractivity contribution in [2.75, 3.05) is 13.6 Å². The van der Waals surface area contributed by atoms with Gasteiger partial charge in [0.1, 0.15) is 0 Å². The highest BCUT2D eigenvalue weighted by Crippen LogP contribution is 2.22. The summed E-state index contributed by atoms with van der Waals surface area (Å²) in [5, 5.41) is 17.8. The highest BCUT2D eigenvalue weighted by Gasteiger charge is 2.26. The number of hydrogen-bond donors (Lipinski definition) is 2. The van der Waals surface area contributed by atoms with E-state index in [1.165, 1.54) is 0 Å². The molecule has 0 saturated carbocycles. The first-order chi connectivity index (χ1) is 10.6. The van der Waals surface area contributed by atoms with Crippen LogP contribution in [0.1, 0.15) is 53.3 Å². The van der Waals surface area contributed by atoms with Crippen molar-refractivity contribution in [1.82, 2.24) is 30.6 Å². The maximum atomic E-state index is 11.8. The number of hydrogen-bond acceptors (Lipinski definition) is 6. The highest BCUT2D eigenvalue weighted by atomic mass is 16.4. The van der Waals surface area contributed by atoms with Gasteiger partial charge in [-0.2, -0.15) is 5.10 Å². The predicted molar refractivity (Wildman–Crippen MR) is 78.2 cm³/mol. The number of rotatable bonds is 4. The van der Waals surface area contributed by atoms with Crippen LogP contribution in [0.5, 0.6) is 0 Å². The smallest absolute Gasteiger partial charge is 0.271 e. The topological polar surface area (TPSA) is 99.9 Å². The minimum absolute atomic E-state index is 0.167. The zero-order valence-corrected chi connectivity index (χ0v) is 13.0. The summed E-state index contributed by atoms with van der Waals surface area (Å²) < 4.78 is 5.65. The summed E-state index contributed by atoms with van der Waals surface area (Å²) >= 11 is 0. The van der Waals surface area contributed by atoms with E-state index >= 15 is 0 Å². The molecular formula is C14H20N6O2. The van der Waals surface area contributed by atoms with Crippen LogP contribution in [0.25, 0.3) is 0 Å². The fourth-order valence-corrected chi connectivity index (χ4v) is 2.55. The molecule has 118 valence electrons. The first-order valence-electron chi connectivity index (χ1n) is 7.41. The molecule has 0 fully saturated rings. The molecular weight excluding hydrogens is 284 g/mol. The van der Waals surface area contributed by atoms with Crippen LogP contribution < -0.4 is 5.32 Å². The fourth-order valence-electron chi connectivity index (χ4n) is 2.55. The minimum atomic E-state index is -0.167. The average Bonchev–Trinajstić information content (AvgIpc) is 3.13. The van der Waals surface area contributed by atoms with Crippen LogP contribution in [-0.4, -0.2) is 44.8 Å². The Bertz CT molecular complexity index is 675. The van der Waals surface area contributed by atoms with Gasteiger partial charge in [0, 0.05) is 43.7 Å². The maximum Gasteiger partial charge on any atom is 0.271 e. The molecule has 2 aromatic heterocycles. The lowest BCUT2D eigenvalue weighted by Gasteiger charge is -2.25. The molecule has 0 radical (unpaired) electrons. The van der Waals surface area contributed by atoms with E-state index < -0.39 is 0 Å². The minimum Gasteiger partial charge on any atom is -0.424 e. The molecule has 0 unspecified atom stereocenters. The van der Waals surface area contributed by atoms with Crippen molar-refractivity contribution in [2.24, 2.45) is 0 Å². The van der Waals surface area contributed by atoms with Crippen LogP contribution in [0.3, 0.4) is 0 Å². The summed E-state index contributed by atoms with van der Waals surface area (Å²) in [5.41, 5.74) is 2.45. The van der Waals surface area contributed by atoms with Gasteiger partial charge in [-0.25, -0.2) is 0 Å². The van der Waals surface area contributed by atoms with Gasteiger partial charge in [-0.05, 0) is 0 Å². The number of aromatic nitrogens is 4. The van der Waals surface area contributed by atoms with Crippen LogP contribution >= 0.6 is 0 Å². The summed E-state index contributed by atoms with van der Waals surface area (Å²) in [7, 11) is 1.61. The Morgan fingerprint density at radius 1 is 1.45 bits per heavy atom. The number of H-pyrrole nitrogens is 1. The lowest BCUT2D eigenvalue weighted by Crippen LogP contribution is -2.31. The second kappa shape index (κ2) is 5.88. The summed E-state index contributed by atoms with van der Waals surface area (Å²) in [6, 6.07) is 0. The number of nitrogens with zero attached hydrogens (tertiary/aromatic N) is 4. The fraction of sp³-hybridized carbons (Fsp3) is 0.571. The SMILES string of the molecule is CNC(=O)c1n[nH]c2c1CN(Cc1nnc(C(C)C)o1)CC2. The normalized spacial score (nSPS) is 15.1. The molecule has 0 aliphatic carbocycles. The molecule has 3 heterocycles. The van der Waals surface area contributed by atoms with E-state index in [1.807, 2.05) is 13.8 Å². The zero-order chi connectivity index (χ0) is 15.7. The Morgan fingerprint density at radius 3 is 2.95 bits per heavy atom. The molecule has 0 bridgehead atoms. The number of nitrogens with one attached hydrogen (secondary N) is 2. The summed E-state index contributed by atoms with van der Waals surface area (Å²) in [5.74, 6) is 1.32. The van der Waals surface area contributed by atoms with Gasteiger partial charge in [0.05, 0.1) is 6.54 Å². The Labute approximate surface area is 128 Å². The molecule has 1 amide bonds. The van der Waals surface area contributed by atoms with E-state index in [2.05, 4.69) is 30.6 Å². The lowest BCUT2D eigenvalue weighted by molar-refractivity contribution is 0.0955. The predicted octanol–water partition coefficient (Wildman–Crippen LogP) is 0.834. The molecule has 0 atom stereocenters. The highest BCUT2D eigenvalue weighted by molar-refractivity contribution is 5.93. The van der Waals surface area contributed by atoms with Gasteiger partial charge < -0.3 is 9.73 Å². The van der Waals surface area contributed by atoms with Crippen molar-refractivity contribution in [3.05, 3.63) is 28.7 Å². The maximum absolute atomic E-state index is 11.8. The summed E-state index contributed by atoms with van der Waals surface area (Å²) in [6.07, 6.45) is 0.824. The van der Waals surface area contributed by atoms with Crippen LogP contribution in [-0.2, 0) is 19.5 Å². The Morgan fingerprint density at radius 2 is 2.27 bits per heavy atom. The summed E-state index contributed by atoms with van der Waals surface area (Å²) in [4.78, 5) is 14.0. The van der Waals surface area contributed by atoms with Gasteiger partial charge in [0.25, 0.3) is 5.91 Å². The van der Waals surface area contributed by atoms with Crippen molar-refractivity contribution in [2.45, 2.75) is 39.3 Å². The first kappa shape index (κ1) is 14.7. The van der Waals surface area contributed by atoms with E-state index in [1.54, 1.807) is 7.05 Å². The third kappa shape index (κ3) is 2.74. The first-order valence-corrected chi connectivity index (χ1v) is 7.41. The monoisotopic (exact) mass is 304 g/mol. The standard InChI is InChI=1S/C14H20N6O2/c1-8(2)14-19-17-11(22-14)7-20-5-4-10-9(6-20)12(18-16-10)13(21)15-3/h8H,4-7H2,1-3H3,(H,15,21)(H,16,18). The average molecular weight is 304 g/mol. The van der Waals surface area contributed by atoms with Crippen molar-refractivity contribution in [3.63, 3.8) is 0 Å². The van der Waals surface area contributed by atoms with Gasteiger partial charge in [-0.1, -0.05) is 13.8 Å². The third-order valence-electron chi connectivity index (χ3n) is 3.79. The van der Waals surface area contributed by atoms with Crippen LogP contribution in [0.2, 0.25) is 0 Å². The Hall–Kier alpha value is -2.22. The molecule has 1 aliphatic rings. The Kier molecular flexibility index (Phi) is 3.93. The third-order valence-corrected chi connectivity index (χ3v) is 3.79. The molecule has 8 nitrogen and oxygen atoms in total. The molecule has 2 aromatic rings. The largest absolute Gasteiger partial charge is 0.424 e. The van der Waals surface area contributed by atoms with Crippen LogP contribution in [0.4, 0.5) is 0 Å². The number of carbonyl (C=O) groups is 1. The van der Waals surface area contributed by atoms with Gasteiger partial charge >= 0.3 is 0 Å². The second-order valence-corrected chi connectivity index (χ2v) is 5.76. The molecule has 0 saturated heterocycles. The van der Waals surface area contributed by atoms with E-state index in [4.69, 9.17) is 4.42 Å². The van der Waals surface area contributed by atoms with Gasteiger partial charge in [0.15, 0.2) is 5.69 Å². The van der Waals surface area contributed by atoms with Crippen molar-refractivity contribution in [1.29, 1.82) is 0 Å². The number of fused-ring (bicyclic) bond motifs is 1. The van der Waals surface area contributed by atoms with Gasteiger partial charge in [-0.3, -0.25) is 14.8 Å². The number of aromatic amines is 1. The molecule has 2 N–H and O–H groups in total. The number of amides is 1. The molecule has 22 heavy (non-hydrogen) atoms. The van der Waals surface area contributed by atoms with Crippen LogP contribution in [0.15, 0.2) is 4.42 Å². The molecule has 3 rings (SSSR count). The zero-order valence-electron chi connectivity index (χ0n) is 13.0. The van der Waals surface area contributed by atoms with Crippen molar-refractivity contribution in [3.8, 4) is 0 Å². The molecule has 0 spiro atoms. The molecule has 0 aromatic carbocycles. The second-order valence-electron chi connectivity index (χ2n) is 5.76. The Balaban J connectivity index is 1.73. The summed E-state index contributed by atoms with van der Waals surface area (Å²) in [6.45, 7) is 6.13. The lowest BCUT2D eigenvalue weighted by atomic mass is 10.1. The van der Waals surface area contributed by atoms with Gasteiger partial charge in [0.2, 0.25) is 11.8 Å². The van der Waals surface area contributed by atoms with E-state index in [-0.39, 0.29) is 11.8 Å². The van der Waals surface area contributed by atoms with Crippen LogP contribution in [0, 0.1) is 0 Å². The molecule has 8 heteroatoms. The number of carbonyl (C=O) groups excluding carboxylic acids is 1. The van der Waals surface area contributed by atoms with Crippen molar-refractivity contribution < 1.29 is 9.21 Å². The van der Waals surface area contributed by atoms with Gasteiger partial charge in [-0.15, -0.1) is 10.2 Å². The van der Waals surface area contributed by atoms with E-state index in [0.717, 1.165) is 24.2 Å².